The summed E-state index contributed by atoms with van der Waals surface area (Å²) in [5.74, 6) is -0.579. The molecule has 2 saturated heterocycles. The number of fused-ring (bicyclic) bond motifs is 1. The summed E-state index contributed by atoms with van der Waals surface area (Å²) in [6.07, 6.45) is 1.33. The summed E-state index contributed by atoms with van der Waals surface area (Å²) in [7, 11) is 3.05. The first-order chi connectivity index (χ1) is 6.50. The van der Waals surface area contributed by atoms with E-state index in [9.17, 15) is 9.59 Å². The van der Waals surface area contributed by atoms with Crippen LogP contribution in [0.3, 0.4) is 0 Å². The maximum atomic E-state index is 11.4. The first-order valence-electron chi connectivity index (χ1n) is 4.36. The van der Waals surface area contributed by atoms with Crippen LogP contribution in [-0.4, -0.2) is 36.6 Å². The van der Waals surface area contributed by atoms with Gasteiger partial charge in [0.15, 0.2) is 0 Å². The zero-order valence-corrected chi connectivity index (χ0v) is 8.33. The molecule has 0 saturated carbocycles. The standard InChI is InChI=1S/C9H12N2O3/c1-9-7(8(13)11(9)2)5(10-9)4-6(12)14-3/h4,7,10H,1-3H3/b5-4-/t7-,9+/m1/s1. The summed E-state index contributed by atoms with van der Waals surface area (Å²) in [6, 6.07) is 0. The molecular weight excluding hydrogens is 184 g/mol. The number of amides is 1. The number of carbonyl (C=O) groups excluding carboxylic acids is 2. The minimum Gasteiger partial charge on any atom is -0.466 e. The van der Waals surface area contributed by atoms with E-state index in [4.69, 9.17) is 0 Å². The number of carbonyl (C=O) groups is 2. The van der Waals surface area contributed by atoms with E-state index in [0.29, 0.717) is 5.70 Å². The Balaban J connectivity index is 2.14. The molecule has 0 aromatic heterocycles. The van der Waals surface area contributed by atoms with Gasteiger partial charge in [-0.3, -0.25) is 4.79 Å². The summed E-state index contributed by atoms with van der Waals surface area (Å²) in [5, 5.41) is 3.07. The monoisotopic (exact) mass is 196 g/mol. The molecule has 2 rings (SSSR count). The van der Waals surface area contributed by atoms with Gasteiger partial charge in [0.2, 0.25) is 5.91 Å². The highest BCUT2D eigenvalue weighted by Gasteiger charge is 2.64. The highest BCUT2D eigenvalue weighted by molar-refractivity contribution is 5.95. The van der Waals surface area contributed by atoms with Crippen molar-refractivity contribution in [2.75, 3.05) is 14.2 Å². The minimum atomic E-state index is -0.433. The van der Waals surface area contributed by atoms with E-state index in [1.54, 1.807) is 11.9 Å². The molecule has 2 aliphatic rings. The molecule has 5 heteroatoms. The zero-order chi connectivity index (χ0) is 10.5. The number of rotatable bonds is 1. The summed E-state index contributed by atoms with van der Waals surface area (Å²) in [6.45, 7) is 1.92. The number of ether oxygens (including phenoxy) is 1. The lowest BCUT2D eigenvalue weighted by Gasteiger charge is -2.63. The Morgan fingerprint density at radius 2 is 2.36 bits per heavy atom. The van der Waals surface area contributed by atoms with Crippen molar-refractivity contribution in [3.8, 4) is 0 Å². The van der Waals surface area contributed by atoms with Crippen molar-refractivity contribution >= 4 is 11.9 Å². The van der Waals surface area contributed by atoms with Gasteiger partial charge in [0.1, 0.15) is 11.6 Å². The molecule has 2 aliphatic heterocycles. The molecule has 0 aromatic rings. The van der Waals surface area contributed by atoms with Crippen LogP contribution in [0.1, 0.15) is 6.92 Å². The van der Waals surface area contributed by atoms with Crippen LogP contribution in [0, 0.1) is 5.92 Å². The third-order valence-electron chi connectivity index (χ3n) is 3.02. The molecule has 14 heavy (non-hydrogen) atoms. The predicted octanol–water partition coefficient (Wildman–Crippen LogP) is -0.549. The Morgan fingerprint density at radius 3 is 2.86 bits per heavy atom. The second-order valence-corrected chi connectivity index (χ2v) is 3.73. The smallest absolute Gasteiger partial charge is 0.332 e. The lowest BCUT2D eigenvalue weighted by Crippen LogP contribution is -2.83. The topological polar surface area (TPSA) is 58.6 Å². The van der Waals surface area contributed by atoms with Gasteiger partial charge in [-0.15, -0.1) is 0 Å². The van der Waals surface area contributed by atoms with Gasteiger partial charge < -0.3 is 15.0 Å². The van der Waals surface area contributed by atoms with Gasteiger partial charge in [-0.1, -0.05) is 0 Å². The largest absolute Gasteiger partial charge is 0.466 e. The molecule has 0 spiro atoms. The molecular formula is C9H12N2O3. The number of esters is 1. The van der Waals surface area contributed by atoms with E-state index < -0.39 is 5.97 Å². The van der Waals surface area contributed by atoms with Crippen molar-refractivity contribution in [1.29, 1.82) is 0 Å². The van der Waals surface area contributed by atoms with Crippen LogP contribution in [0.25, 0.3) is 0 Å². The van der Waals surface area contributed by atoms with Crippen LogP contribution in [0.4, 0.5) is 0 Å². The van der Waals surface area contributed by atoms with Crippen molar-refractivity contribution in [2.45, 2.75) is 12.6 Å². The van der Waals surface area contributed by atoms with E-state index in [2.05, 4.69) is 10.1 Å². The second-order valence-electron chi connectivity index (χ2n) is 3.73. The van der Waals surface area contributed by atoms with Crippen LogP contribution in [0.2, 0.25) is 0 Å². The predicted molar refractivity (Wildman–Crippen MR) is 47.9 cm³/mol. The highest BCUT2D eigenvalue weighted by Crippen LogP contribution is 2.46. The van der Waals surface area contributed by atoms with Crippen molar-refractivity contribution in [2.24, 2.45) is 5.92 Å². The van der Waals surface area contributed by atoms with Gasteiger partial charge in [0, 0.05) is 18.8 Å². The number of nitrogens with one attached hydrogen (secondary N) is 1. The first-order valence-corrected chi connectivity index (χ1v) is 4.36. The molecule has 2 fully saturated rings. The van der Waals surface area contributed by atoms with Gasteiger partial charge in [-0.25, -0.2) is 4.79 Å². The molecule has 2 heterocycles. The van der Waals surface area contributed by atoms with Gasteiger partial charge in [0.05, 0.1) is 7.11 Å². The van der Waals surface area contributed by atoms with Crippen molar-refractivity contribution < 1.29 is 14.3 Å². The Labute approximate surface area is 81.7 Å². The number of likely N-dealkylation sites (tertiary alicyclic amines) is 1. The van der Waals surface area contributed by atoms with Gasteiger partial charge in [-0.2, -0.15) is 0 Å². The average Bonchev–Trinajstić information content (AvgIpc) is 2.14. The third kappa shape index (κ3) is 0.840. The fraction of sp³-hybridized carbons (Fsp3) is 0.556. The van der Waals surface area contributed by atoms with Crippen LogP contribution >= 0.6 is 0 Å². The molecule has 2 atom stereocenters. The second kappa shape index (κ2) is 2.50. The SMILES string of the molecule is COC(=O)/C=C1\N[C@]2(C)[C@H]1C(=O)N2C. The van der Waals surface area contributed by atoms with Crippen molar-refractivity contribution in [3.05, 3.63) is 11.8 Å². The molecule has 0 bridgehead atoms. The van der Waals surface area contributed by atoms with Crippen LogP contribution < -0.4 is 5.32 Å². The molecule has 0 aliphatic carbocycles. The Hall–Kier alpha value is -1.52. The fourth-order valence-corrected chi connectivity index (χ4v) is 1.97. The summed E-state index contributed by atoms with van der Waals surface area (Å²) < 4.78 is 4.48. The molecule has 0 aromatic carbocycles. The first kappa shape index (κ1) is 9.05. The molecule has 0 unspecified atom stereocenters. The van der Waals surface area contributed by atoms with E-state index in [-0.39, 0.29) is 17.5 Å². The van der Waals surface area contributed by atoms with Crippen molar-refractivity contribution in [1.82, 2.24) is 10.2 Å². The van der Waals surface area contributed by atoms with E-state index in [1.165, 1.54) is 13.2 Å². The number of methoxy groups -OCH3 is 1. The van der Waals surface area contributed by atoms with Gasteiger partial charge in [-0.05, 0) is 6.92 Å². The average molecular weight is 196 g/mol. The quantitative estimate of drug-likeness (QED) is 0.347. The highest BCUT2D eigenvalue weighted by atomic mass is 16.5. The Kier molecular flexibility index (Phi) is 1.61. The number of nitrogens with zero attached hydrogens (tertiary/aromatic N) is 1. The van der Waals surface area contributed by atoms with E-state index in [0.717, 1.165) is 0 Å². The van der Waals surface area contributed by atoms with Crippen LogP contribution in [-0.2, 0) is 14.3 Å². The normalized spacial score (nSPS) is 36.8. The van der Waals surface area contributed by atoms with Crippen LogP contribution in [0.15, 0.2) is 11.8 Å². The number of β-lactam (4-membered cyclic amide) rings is 1. The Bertz CT molecular complexity index is 350. The van der Waals surface area contributed by atoms with E-state index >= 15 is 0 Å². The lowest BCUT2D eigenvalue weighted by molar-refractivity contribution is -0.177. The summed E-state index contributed by atoms with van der Waals surface area (Å²) >= 11 is 0. The number of hydrogen-bond acceptors (Lipinski definition) is 4. The maximum Gasteiger partial charge on any atom is 0.332 e. The third-order valence-corrected chi connectivity index (χ3v) is 3.02. The molecule has 1 N–H and O–H groups in total. The summed E-state index contributed by atoms with van der Waals surface area (Å²) in [5.41, 5.74) is 0.360. The number of hydrogen-bond donors (Lipinski definition) is 1. The van der Waals surface area contributed by atoms with Gasteiger partial charge in [0.25, 0.3) is 0 Å². The Morgan fingerprint density at radius 1 is 1.71 bits per heavy atom. The lowest BCUT2D eigenvalue weighted by atomic mass is 9.72. The molecule has 76 valence electrons. The fourth-order valence-electron chi connectivity index (χ4n) is 1.97. The maximum absolute atomic E-state index is 11.4. The minimum absolute atomic E-state index is 0.0430. The zero-order valence-electron chi connectivity index (χ0n) is 8.33. The van der Waals surface area contributed by atoms with Gasteiger partial charge >= 0.3 is 5.97 Å². The molecule has 0 radical (unpaired) electrons. The van der Waals surface area contributed by atoms with Crippen LogP contribution in [0.5, 0.6) is 0 Å². The molecule has 5 nitrogen and oxygen atoms in total. The molecule has 1 amide bonds. The van der Waals surface area contributed by atoms with E-state index in [1.807, 2.05) is 6.92 Å². The summed E-state index contributed by atoms with van der Waals surface area (Å²) in [4.78, 5) is 24.0. The van der Waals surface area contributed by atoms with Crippen molar-refractivity contribution in [3.63, 3.8) is 0 Å².